The highest BCUT2D eigenvalue weighted by Gasteiger charge is 2.34. The van der Waals surface area contributed by atoms with Crippen molar-refractivity contribution in [3.8, 4) is 0 Å². The number of esters is 1. The normalized spacial score (nSPS) is 18.5. The Bertz CT molecular complexity index is 900. The first-order valence-electron chi connectivity index (χ1n) is 9.05. The third-order valence-electron chi connectivity index (χ3n) is 4.68. The summed E-state index contributed by atoms with van der Waals surface area (Å²) in [4.78, 5) is 26.3. The van der Waals surface area contributed by atoms with Gasteiger partial charge in [-0.25, -0.2) is 13.2 Å². The predicted octanol–water partition coefficient (Wildman–Crippen LogP) is 2.41. The highest BCUT2D eigenvalue weighted by atomic mass is 32.2. The monoisotopic (exact) mass is 393 g/mol. The number of rotatable bonds is 7. The van der Waals surface area contributed by atoms with Crippen LogP contribution in [0.1, 0.15) is 36.7 Å². The van der Waals surface area contributed by atoms with E-state index in [9.17, 15) is 18.0 Å². The van der Waals surface area contributed by atoms with E-state index in [-0.39, 0.29) is 29.2 Å². The Hall–Kier alpha value is -2.35. The van der Waals surface area contributed by atoms with Crippen molar-refractivity contribution in [1.29, 1.82) is 0 Å². The molecule has 2 heterocycles. The van der Waals surface area contributed by atoms with Crippen LogP contribution in [-0.2, 0) is 19.4 Å². The number of fused-ring (bicyclic) bond motifs is 1. The number of nitrogens with zero attached hydrogens (tertiary/aromatic N) is 1. The Morgan fingerprint density at radius 3 is 2.74 bits per heavy atom. The maximum absolute atomic E-state index is 12.6. The zero-order valence-electron chi connectivity index (χ0n) is 15.2. The minimum Gasteiger partial charge on any atom is -0.450 e. The SMILES string of the molecule is CCCCN(C(=O)COC(=O)c1cc2ccccc2o1)[C@H]1CCS(=O)(=O)C1. The van der Waals surface area contributed by atoms with Gasteiger partial charge in [0.15, 0.2) is 16.4 Å². The van der Waals surface area contributed by atoms with E-state index in [1.165, 1.54) is 0 Å². The second-order valence-corrected chi connectivity index (χ2v) is 8.95. The van der Waals surface area contributed by atoms with Crippen molar-refractivity contribution >= 4 is 32.7 Å². The summed E-state index contributed by atoms with van der Waals surface area (Å²) in [6.45, 7) is 2.02. The van der Waals surface area contributed by atoms with Gasteiger partial charge in [-0.1, -0.05) is 31.5 Å². The summed E-state index contributed by atoms with van der Waals surface area (Å²) in [5, 5.41) is 0.775. The van der Waals surface area contributed by atoms with Gasteiger partial charge in [0.05, 0.1) is 11.5 Å². The quantitative estimate of drug-likeness (QED) is 0.671. The van der Waals surface area contributed by atoms with Crippen molar-refractivity contribution in [3.63, 3.8) is 0 Å². The number of furan rings is 1. The van der Waals surface area contributed by atoms with Gasteiger partial charge in [-0.2, -0.15) is 0 Å². The molecule has 7 nitrogen and oxygen atoms in total. The van der Waals surface area contributed by atoms with Gasteiger partial charge < -0.3 is 14.1 Å². The molecule has 1 aromatic carbocycles. The molecule has 0 radical (unpaired) electrons. The Morgan fingerprint density at radius 2 is 2.07 bits per heavy atom. The number of unbranched alkanes of at least 4 members (excludes halogenated alkanes) is 1. The lowest BCUT2D eigenvalue weighted by Crippen LogP contribution is -2.43. The van der Waals surface area contributed by atoms with Crippen LogP contribution in [0.15, 0.2) is 34.7 Å². The van der Waals surface area contributed by atoms with Crippen LogP contribution in [0, 0.1) is 0 Å². The van der Waals surface area contributed by atoms with Crippen LogP contribution >= 0.6 is 0 Å². The maximum Gasteiger partial charge on any atom is 0.374 e. The Morgan fingerprint density at radius 1 is 1.30 bits per heavy atom. The largest absolute Gasteiger partial charge is 0.450 e. The molecule has 1 atom stereocenters. The van der Waals surface area contributed by atoms with Gasteiger partial charge >= 0.3 is 5.97 Å². The van der Waals surface area contributed by atoms with E-state index >= 15 is 0 Å². The fourth-order valence-corrected chi connectivity index (χ4v) is 4.96. The standard InChI is InChI=1S/C19H23NO6S/c1-2-3-9-20(15-8-10-27(23,24)13-15)18(21)12-25-19(22)17-11-14-6-4-5-7-16(14)26-17/h4-7,11,15H,2-3,8-10,12-13H2,1H3/t15-/m0/s1. The summed E-state index contributed by atoms with van der Waals surface area (Å²) in [5.74, 6) is -0.997. The molecular formula is C19H23NO6S. The zero-order valence-corrected chi connectivity index (χ0v) is 16.0. The van der Waals surface area contributed by atoms with E-state index in [1.54, 1.807) is 23.1 Å². The maximum atomic E-state index is 12.6. The van der Waals surface area contributed by atoms with Crippen LogP contribution in [0.4, 0.5) is 0 Å². The average Bonchev–Trinajstić information content (AvgIpc) is 3.23. The molecule has 8 heteroatoms. The van der Waals surface area contributed by atoms with Crippen molar-refractivity contribution in [2.24, 2.45) is 0 Å². The van der Waals surface area contributed by atoms with Crippen molar-refractivity contribution in [1.82, 2.24) is 4.90 Å². The van der Waals surface area contributed by atoms with Crippen molar-refractivity contribution in [2.45, 2.75) is 32.2 Å². The van der Waals surface area contributed by atoms with Crippen molar-refractivity contribution < 1.29 is 27.2 Å². The fourth-order valence-electron chi connectivity index (χ4n) is 3.22. The van der Waals surface area contributed by atoms with Gasteiger partial charge in [-0.15, -0.1) is 0 Å². The number of amides is 1. The molecule has 1 amide bonds. The molecule has 0 aliphatic carbocycles. The summed E-state index contributed by atoms with van der Waals surface area (Å²) in [6, 6.07) is 8.40. The molecule has 146 valence electrons. The second kappa shape index (κ2) is 8.12. The molecular weight excluding hydrogens is 370 g/mol. The molecule has 1 aliphatic rings. The summed E-state index contributed by atoms with van der Waals surface area (Å²) >= 11 is 0. The number of carbonyl (C=O) groups is 2. The van der Waals surface area contributed by atoms with E-state index < -0.39 is 22.4 Å². The lowest BCUT2D eigenvalue weighted by atomic mass is 10.2. The molecule has 1 aliphatic heterocycles. The first-order valence-corrected chi connectivity index (χ1v) is 10.9. The predicted molar refractivity (Wildman–Crippen MR) is 100 cm³/mol. The molecule has 1 aromatic heterocycles. The minimum atomic E-state index is -3.10. The minimum absolute atomic E-state index is 0.0278. The number of benzene rings is 1. The summed E-state index contributed by atoms with van der Waals surface area (Å²) < 4.78 is 34.0. The van der Waals surface area contributed by atoms with E-state index in [1.807, 2.05) is 19.1 Å². The Labute approximate surface area is 158 Å². The molecule has 2 aromatic rings. The molecule has 1 fully saturated rings. The van der Waals surface area contributed by atoms with Gasteiger partial charge in [0.2, 0.25) is 5.76 Å². The van der Waals surface area contributed by atoms with Gasteiger partial charge in [-0.3, -0.25) is 4.79 Å². The average molecular weight is 393 g/mol. The summed E-state index contributed by atoms with van der Waals surface area (Å²) in [6.07, 6.45) is 2.07. The molecule has 1 saturated heterocycles. The Balaban J connectivity index is 1.63. The molecule has 0 saturated carbocycles. The molecule has 0 N–H and O–H groups in total. The lowest BCUT2D eigenvalue weighted by Gasteiger charge is -2.28. The van der Waals surface area contributed by atoms with Crippen molar-refractivity contribution in [3.05, 3.63) is 36.1 Å². The molecule has 0 unspecified atom stereocenters. The topological polar surface area (TPSA) is 93.9 Å². The van der Waals surface area contributed by atoms with Gasteiger partial charge in [0.25, 0.3) is 5.91 Å². The van der Waals surface area contributed by atoms with E-state index in [2.05, 4.69) is 0 Å². The molecule has 0 spiro atoms. The lowest BCUT2D eigenvalue weighted by molar-refractivity contribution is -0.136. The zero-order chi connectivity index (χ0) is 19.4. The van der Waals surface area contributed by atoms with E-state index in [0.717, 1.165) is 18.2 Å². The Kier molecular flexibility index (Phi) is 5.84. The molecule has 27 heavy (non-hydrogen) atoms. The van der Waals surface area contributed by atoms with Crippen LogP contribution in [0.2, 0.25) is 0 Å². The highest BCUT2D eigenvalue weighted by molar-refractivity contribution is 7.91. The fraction of sp³-hybridized carbons (Fsp3) is 0.474. The van der Waals surface area contributed by atoms with Crippen LogP contribution in [0.5, 0.6) is 0 Å². The van der Waals surface area contributed by atoms with Gasteiger partial charge in [-0.05, 0) is 25.0 Å². The highest BCUT2D eigenvalue weighted by Crippen LogP contribution is 2.21. The number of carbonyl (C=O) groups excluding carboxylic acids is 2. The smallest absolute Gasteiger partial charge is 0.374 e. The third-order valence-corrected chi connectivity index (χ3v) is 6.43. The first-order chi connectivity index (χ1) is 12.9. The van der Waals surface area contributed by atoms with E-state index in [0.29, 0.717) is 18.5 Å². The summed E-state index contributed by atoms with van der Waals surface area (Å²) in [5.41, 5.74) is 0.566. The number of ether oxygens (including phenoxy) is 1. The molecule has 3 rings (SSSR count). The van der Waals surface area contributed by atoms with Crippen LogP contribution in [-0.4, -0.2) is 55.9 Å². The number of para-hydroxylation sites is 1. The second-order valence-electron chi connectivity index (χ2n) is 6.72. The molecule has 0 bridgehead atoms. The van der Waals surface area contributed by atoms with Gasteiger partial charge in [0, 0.05) is 18.0 Å². The van der Waals surface area contributed by atoms with Crippen molar-refractivity contribution in [2.75, 3.05) is 24.7 Å². The summed E-state index contributed by atoms with van der Waals surface area (Å²) in [7, 11) is -3.10. The first kappa shape index (κ1) is 19.4. The van der Waals surface area contributed by atoms with E-state index in [4.69, 9.17) is 9.15 Å². The number of hydrogen-bond donors (Lipinski definition) is 0. The third kappa shape index (κ3) is 4.68. The van der Waals surface area contributed by atoms with Gasteiger partial charge in [0.1, 0.15) is 5.58 Å². The van der Waals surface area contributed by atoms with Crippen LogP contribution < -0.4 is 0 Å². The van der Waals surface area contributed by atoms with Crippen LogP contribution in [0.25, 0.3) is 11.0 Å². The number of sulfone groups is 1. The van der Waals surface area contributed by atoms with Crippen LogP contribution in [0.3, 0.4) is 0 Å². The number of hydrogen-bond acceptors (Lipinski definition) is 6.